The molecule has 0 bridgehead atoms. The first kappa shape index (κ1) is 17.2. The normalized spacial score (nSPS) is 9.90. The number of hydrogen-bond donors (Lipinski definition) is 2. The summed E-state index contributed by atoms with van der Waals surface area (Å²) >= 11 is 0. The molecule has 0 aliphatic carbocycles. The van der Waals surface area contributed by atoms with Crippen LogP contribution in [0.15, 0.2) is 18.2 Å². The number of carbonyl (C=O) groups excluding carboxylic acids is 1. The molecule has 21 heavy (non-hydrogen) atoms. The van der Waals surface area contributed by atoms with Gasteiger partial charge in [-0.05, 0) is 37.5 Å². The van der Waals surface area contributed by atoms with Crippen LogP contribution in [0.4, 0.5) is 4.39 Å². The molecule has 0 aliphatic rings. The van der Waals surface area contributed by atoms with E-state index in [9.17, 15) is 9.18 Å². The zero-order chi connectivity index (χ0) is 15.7. The van der Waals surface area contributed by atoms with Crippen molar-refractivity contribution in [2.24, 2.45) is 0 Å². The van der Waals surface area contributed by atoms with Gasteiger partial charge in [-0.1, -0.05) is 11.8 Å². The number of carbonyl (C=O) groups is 1. The fourth-order valence-electron chi connectivity index (χ4n) is 1.88. The van der Waals surface area contributed by atoms with Crippen molar-refractivity contribution in [2.75, 3.05) is 26.8 Å². The van der Waals surface area contributed by atoms with Gasteiger partial charge < -0.3 is 15.1 Å². The maximum atomic E-state index is 13.3. The zero-order valence-electron chi connectivity index (χ0n) is 12.1. The number of nitrogens with zero attached hydrogens (tertiary/aromatic N) is 1. The molecule has 1 rings (SSSR count). The summed E-state index contributed by atoms with van der Waals surface area (Å²) in [6.07, 6.45) is 2.30. The van der Waals surface area contributed by atoms with Crippen LogP contribution in [0.25, 0.3) is 0 Å². The van der Waals surface area contributed by atoms with Crippen LogP contribution in [-0.4, -0.2) is 47.8 Å². The Bertz CT molecular complexity index is 534. The van der Waals surface area contributed by atoms with E-state index in [1.807, 2.05) is 0 Å². The number of rotatable bonds is 6. The summed E-state index contributed by atoms with van der Waals surface area (Å²) < 4.78 is 13.3. The van der Waals surface area contributed by atoms with Gasteiger partial charge in [-0.3, -0.25) is 4.79 Å². The third-order valence-corrected chi connectivity index (χ3v) is 3.01. The molecular formula is C16H20FNO3. The minimum absolute atomic E-state index is 0.141. The lowest BCUT2D eigenvalue weighted by Crippen LogP contribution is -2.28. The third kappa shape index (κ3) is 5.54. The van der Waals surface area contributed by atoms with Crippen molar-refractivity contribution in [3.8, 4) is 11.8 Å². The van der Waals surface area contributed by atoms with Crippen LogP contribution in [0.5, 0.6) is 0 Å². The largest absolute Gasteiger partial charge is 0.396 e. The molecule has 0 saturated carbocycles. The van der Waals surface area contributed by atoms with Crippen molar-refractivity contribution in [3.63, 3.8) is 0 Å². The Morgan fingerprint density at radius 3 is 2.71 bits per heavy atom. The van der Waals surface area contributed by atoms with E-state index in [1.54, 1.807) is 7.05 Å². The summed E-state index contributed by atoms with van der Waals surface area (Å²) in [6, 6.07) is 3.83. The molecule has 4 nitrogen and oxygen atoms in total. The fourth-order valence-corrected chi connectivity index (χ4v) is 1.88. The lowest BCUT2D eigenvalue weighted by atomic mass is 10.1. The molecule has 0 atom stereocenters. The molecule has 0 aliphatic heterocycles. The van der Waals surface area contributed by atoms with Gasteiger partial charge in [-0.2, -0.15) is 0 Å². The number of benzene rings is 1. The highest BCUT2D eigenvalue weighted by Gasteiger charge is 2.15. The predicted molar refractivity (Wildman–Crippen MR) is 78.3 cm³/mol. The molecule has 5 heteroatoms. The molecule has 0 unspecified atom stereocenters. The Morgan fingerprint density at radius 1 is 1.29 bits per heavy atom. The quantitative estimate of drug-likeness (QED) is 0.616. The maximum absolute atomic E-state index is 13.3. The molecular weight excluding hydrogens is 273 g/mol. The molecule has 1 amide bonds. The van der Waals surface area contributed by atoms with Crippen LogP contribution in [0.3, 0.4) is 0 Å². The molecule has 0 saturated heterocycles. The summed E-state index contributed by atoms with van der Waals surface area (Å²) in [5.41, 5.74) is 0.596. The molecule has 2 N–H and O–H groups in total. The first-order valence-corrected chi connectivity index (χ1v) is 6.85. The van der Waals surface area contributed by atoms with E-state index in [1.165, 1.54) is 17.0 Å². The van der Waals surface area contributed by atoms with Gasteiger partial charge in [0, 0.05) is 25.8 Å². The maximum Gasteiger partial charge on any atom is 0.254 e. The third-order valence-electron chi connectivity index (χ3n) is 3.01. The predicted octanol–water partition coefficient (Wildman–Crippen LogP) is 1.40. The molecule has 1 aromatic rings. The van der Waals surface area contributed by atoms with Crippen molar-refractivity contribution < 1.29 is 19.4 Å². The van der Waals surface area contributed by atoms with Gasteiger partial charge >= 0.3 is 0 Å². The molecule has 0 aromatic heterocycles. The Morgan fingerprint density at radius 2 is 2.05 bits per heavy atom. The smallest absolute Gasteiger partial charge is 0.254 e. The first-order chi connectivity index (χ1) is 10.1. The average molecular weight is 293 g/mol. The number of hydrogen-bond acceptors (Lipinski definition) is 3. The topological polar surface area (TPSA) is 60.8 Å². The SMILES string of the molecule is CN(CCCCCO)C(=O)c1cc(F)ccc1C#CCO. The van der Waals surface area contributed by atoms with E-state index in [-0.39, 0.29) is 24.7 Å². The second kappa shape index (κ2) is 9.11. The Labute approximate surface area is 124 Å². The van der Waals surface area contributed by atoms with Gasteiger partial charge in [-0.25, -0.2) is 4.39 Å². The Balaban J connectivity index is 2.82. The van der Waals surface area contributed by atoms with Crippen LogP contribution < -0.4 is 0 Å². The summed E-state index contributed by atoms with van der Waals surface area (Å²) in [6.45, 7) is 0.354. The fraction of sp³-hybridized carbons (Fsp3) is 0.438. The molecule has 0 radical (unpaired) electrons. The molecule has 0 spiro atoms. The van der Waals surface area contributed by atoms with E-state index in [4.69, 9.17) is 10.2 Å². The van der Waals surface area contributed by atoms with Crippen molar-refractivity contribution in [2.45, 2.75) is 19.3 Å². The number of amides is 1. The van der Waals surface area contributed by atoms with E-state index < -0.39 is 5.82 Å². The highest BCUT2D eigenvalue weighted by atomic mass is 19.1. The van der Waals surface area contributed by atoms with Crippen LogP contribution in [0.2, 0.25) is 0 Å². The first-order valence-electron chi connectivity index (χ1n) is 6.85. The van der Waals surface area contributed by atoms with Gasteiger partial charge in [0.05, 0.1) is 5.56 Å². The summed E-state index contributed by atoms with van der Waals surface area (Å²) in [4.78, 5) is 13.8. The van der Waals surface area contributed by atoms with E-state index in [0.717, 1.165) is 18.9 Å². The lowest BCUT2D eigenvalue weighted by Gasteiger charge is -2.18. The second-order valence-electron chi connectivity index (χ2n) is 4.66. The van der Waals surface area contributed by atoms with E-state index in [0.29, 0.717) is 18.5 Å². The minimum Gasteiger partial charge on any atom is -0.396 e. The van der Waals surface area contributed by atoms with E-state index >= 15 is 0 Å². The summed E-state index contributed by atoms with van der Waals surface area (Å²) in [7, 11) is 1.65. The number of aliphatic hydroxyl groups excluding tert-OH is 2. The van der Waals surface area contributed by atoms with Crippen LogP contribution in [-0.2, 0) is 0 Å². The molecule has 1 aromatic carbocycles. The molecule has 0 fully saturated rings. The number of unbranched alkanes of at least 4 members (excludes halogenated alkanes) is 2. The van der Waals surface area contributed by atoms with Gasteiger partial charge in [0.2, 0.25) is 0 Å². The summed E-state index contributed by atoms with van der Waals surface area (Å²) in [5.74, 6) is 4.31. The molecule has 0 heterocycles. The minimum atomic E-state index is -0.499. The van der Waals surface area contributed by atoms with Gasteiger partial charge in [0.1, 0.15) is 12.4 Å². The monoisotopic (exact) mass is 293 g/mol. The van der Waals surface area contributed by atoms with Crippen LogP contribution >= 0.6 is 0 Å². The van der Waals surface area contributed by atoms with Gasteiger partial charge in [-0.15, -0.1) is 0 Å². The Kier molecular flexibility index (Phi) is 7.44. The van der Waals surface area contributed by atoms with Crippen molar-refractivity contribution in [1.29, 1.82) is 0 Å². The lowest BCUT2D eigenvalue weighted by molar-refractivity contribution is 0.0791. The zero-order valence-corrected chi connectivity index (χ0v) is 12.1. The number of aliphatic hydroxyl groups is 2. The van der Waals surface area contributed by atoms with Crippen molar-refractivity contribution in [3.05, 3.63) is 35.1 Å². The average Bonchev–Trinajstić information content (AvgIpc) is 2.49. The van der Waals surface area contributed by atoms with Gasteiger partial charge in [0.15, 0.2) is 0 Å². The standard InChI is InChI=1S/C16H20FNO3/c1-18(9-3-2-4-10-19)16(21)15-12-14(17)8-7-13(15)6-5-11-20/h7-8,12,19-20H,2-4,9-11H2,1H3. The van der Waals surface area contributed by atoms with Crippen molar-refractivity contribution >= 4 is 5.91 Å². The number of halogens is 1. The molecule has 114 valence electrons. The second-order valence-corrected chi connectivity index (χ2v) is 4.66. The van der Waals surface area contributed by atoms with Crippen LogP contribution in [0, 0.1) is 17.7 Å². The summed E-state index contributed by atoms with van der Waals surface area (Å²) in [5, 5.41) is 17.4. The van der Waals surface area contributed by atoms with Gasteiger partial charge in [0.25, 0.3) is 5.91 Å². The Hall–Kier alpha value is -1.90. The van der Waals surface area contributed by atoms with E-state index in [2.05, 4.69) is 11.8 Å². The highest BCUT2D eigenvalue weighted by molar-refractivity contribution is 5.96. The highest BCUT2D eigenvalue weighted by Crippen LogP contribution is 2.13. The van der Waals surface area contributed by atoms with Crippen molar-refractivity contribution in [1.82, 2.24) is 4.90 Å². The van der Waals surface area contributed by atoms with Crippen LogP contribution in [0.1, 0.15) is 35.2 Å².